The number of benzene rings is 1. The average Bonchev–Trinajstić information content (AvgIpc) is 2.65. The van der Waals surface area contributed by atoms with Crippen molar-refractivity contribution < 1.29 is 38.8 Å². The minimum atomic E-state index is -1.35. The molecule has 10 heteroatoms. The van der Waals surface area contributed by atoms with Gasteiger partial charge < -0.3 is 34.6 Å². The van der Waals surface area contributed by atoms with Crippen molar-refractivity contribution in [1.82, 2.24) is 5.32 Å². The summed E-state index contributed by atoms with van der Waals surface area (Å²) in [5, 5.41) is 19.8. The molecule has 28 heavy (non-hydrogen) atoms. The van der Waals surface area contributed by atoms with E-state index in [1.54, 1.807) is 38.5 Å². The molecule has 0 heterocycles. The number of amides is 1. The van der Waals surface area contributed by atoms with Crippen molar-refractivity contribution in [2.75, 3.05) is 45.4 Å². The number of carbonyl (C=O) groups excluding carboxylic acids is 1. The Kier molecular flexibility index (Phi) is 10.4. The number of nitrogens with one attached hydrogen (secondary N) is 1. The Balaban J connectivity index is 2.67. The highest BCUT2D eigenvalue weighted by Crippen LogP contribution is 2.19. The number of carboxylic acids is 2. The molecule has 0 saturated carbocycles. The van der Waals surface area contributed by atoms with E-state index in [0.29, 0.717) is 26.3 Å². The van der Waals surface area contributed by atoms with Crippen LogP contribution in [-0.2, 0) is 19.1 Å². The van der Waals surface area contributed by atoms with E-state index in [-0.39, 0.29) is 18.6 Å². The predicted molar refractivity (Wildman–Crippen MR) is 99.9 cm³/mol. The lowest BCUT2D eigenvalue weighted by Crippen LogP contribution is -2.42. The molecule has 0 aromatic heterocycles. The summed E-state index contributed by atoms with van der Waals surface area (Å²) in [4.78, 5) is 35.6. The van der Waals surface area contributed by atoms with Gasteiger partial charge in [0.15, 0.2) is 0 Å². The van der Waals surface area contributed by atoms with Crippen LogP contribution in [0, 0.1) is 0 Å². The quantitative estimate of drug-likeness (QED) is 0.448. The highest BCUT2D eigenvalue weighted by Gasteiger charge is 2.22. The van der Waals surface area contributed by atoms with Gasteiger partial charge in [0.25, 0.3) is 0 Å². The lowest BCUT2D eigenvalue weighted by molar-refractivity contribution is -0.140. The van der Waals surface area contributed by atoms with Gasteiger partial charge in [-0.15, -0.1) is 0 Å². The van der Waals surface area contributed by atoms with Crippen LogP contribution in [0.2, 0.25) is 0 Å². The molecular weight excluding hydrogens is 372 g/mol. The third kappa shape index (κ3) is 8.69. The predicted octanol–water partition coefficient (Wildman–Crippen LogP) is 1.19. The second kappa shape index (κ2) is 12.5. The van der Waals surface area contributed by atoms with E-state index in [1.807, 2.05) is 4.90 Å². The van der Waals surface area contributed by atoms with Crippen LogP contribution in [0.3, 0.4) is 0 Å². The molecule has 3 N–H and O–H groups in total. The molecule has 0 unspecified atom stereocenters. The first-order valence-corrected chi connectivity index (χ1v) is 8.63. The molecule has 0 aliphatic heterocycles. The summed E-state index contributed by atoms with van der Waals surface area (Å²) in [6.07, 6.45) is -1.60. The molecule has 1 amide bonds. The molecule has 1 aromatic rings. The maximum atomic E-state index is 11.9. The number of ether oxygens (including phenoxy) is 3. The molecule has 1 atom stereocenters. The first kappa shape index (κ1) is 23.2. The number of carboxylic acid groups (broad SMARTS) is 2. The molecule has 0 radical (unpaired) electrons. The van der Waals surface area contributed by atoms with Crippen LogP contribution < -0.4 is 15.0 Å². The van der Waals surface area contributed by atoms with E-state index in [1.165, 1.54) is 0 Å². The van der Waals surface area contributed by atoms with Crippen molar-refractivity contribution in [2.45, 2.75) is 18.9 Å². The van der Waals surface area contributed by atoms with E-state index in [2.05, 4.69) is 5.32 Å². The minimum Gasteiger partial charge on any atom is -0.481 e. The van der Waals surface area contributed by atoms with Crippen LogP contribution in [0.15, 0.2) is 24.3 Å². The largest absolute Gasteiger partial charge is 0.481 e. The first-order chi connectivity index (χ1) is 13.4. The number of anilines is 1. The van der Waals surface area contributed by atoms with Crippen LogP contribution >= 0.6 is 0 Å². The minimum absolute atomic E-state index is 0.224. The van der Waals surface area contributed by atoms with Gasteiger partial charge in [-0.1, -0.05) is 0 Å². The number of rotatable bonds is 13. The maximum absolute atomic E-state index is 11.9. The fourth-order valence-electron chi connectivity index (χ4n) is 2.30. The molecular formula is C18H26N2O8. The molecule has 0 saturated heterocycles. The van der Waals surface area contributed by atoms with E-state index < -0.39 is 24.1 Å². The summed E-state index contributed by atoms with van der Waals surface area (Å²) in [7, 11) is 3.23. The normalized spacial score (nSPS) is 11.5. The summed E-state index contributed by atoms with van der Waals surface area (Å²) in [6, 6.07) is 5.32. The van der Waals surface area contributed by atoms with E-state index in [4.69, 9.17) is 24.4 Å². The van der Waals surface area contributed by atoms with Crippen molar-refractivity contribution in [3.8, 4) is 5.75 Å². The second-order valence-corrected chi connectivity index (χ2v) is 5.82. The van der Waals surface area contributed by atoms with Crippen molar-refractivity contribution in [3.63, 3.8) is 0 Å². The topological polar surface area (TPSA) is 135 Å². The summed E-state index contributed by atoms with van der Waals surface area (Å²) >= 11 is 0. The summed E-state index contributed by atoms with van der Waals surface area (Å²) < 4.78 is 15.3. The molecule has 0 fully saturated rings. The molecule has 0 bridgehead atoms. The smallest absolute Gasteiger partial charge is 0.413 e. The zero-order valence-electron chi connectivity index (χ0n) is 15.9. The zero-order chi connectivity index (χ0) is 20.9. The van der Waals surface area contributed by atoms with Gasteiger partial charge in [0.2, 0.25) is 0 Å². The highest BCUT2D eigenvalue weighted by atomic mass is 16.6. The Morgan fingerprint density at radius 2 is 1.61 bits per heavy atom. The van der Waals surface area contributed by atoms with Gasteiger partial charge in [-0.2, -0.15) is 0 Å². The van der Waals surface area contributed by atoms with Gasteiger partial charge in [0, 0.05) is 39.4 Å². The Bertz CT molecular complexity index is 627. The molecule has 0 spiro atoms. The Morgan fingerprint density at radius 1 is 1.04 bits per heavy atom. The van der Waals surface area contributed by atoms with Crippen LogP contribution in [-0.4, -0.2) is 74.8 Å². The number of aliphatic carboxylic acids is 2. The maximum Gasteiger partial charge on any atom is 0.413 e. The molecule has 10 nitrogen and oxygen atoms in total. The van der Waals surface area contributed by atoms with Crippen molar-refractivity contribution in [2.24, 2.45) is 0 Å². The Labute approximate surface area is 163 Å². The molecule has 0 aliphatic carbocycles. The van der Waals surface area contributed by atoms with Gasteiger partial charge in [-0.05, 0) is 30.7 Å². The third-order valence-electron chi connectivity index (χ3n) is 3.78. The third-order valence-corrected chi connectivity index (χ3v) is 3.78. The van der Waals surface area contributed by atoms with Crippen LogP contribution in [0.1, 0.15) is 12.8 Å². The van der Waals surface area contributed by atoms with Gasteiger partial charge >= 0.3 is 18.0 Å². The standard InChI is InChI=1S/C18H26N2O8/c1-26-11-9-20(10-12-27-2)13-3-5-14(6-4-13)28-18(25)19-15(17(23)24)7-8-16(21)22/h3-6,15H,7-12H2,1-2H3,(H,19,25)(H,21,22)(H,23,24)/t15-/m0/s1. The summed E-state index contributed by atoms with van der Waals surface area (Å²) in [5.74, 6) is -2.26. The fraction of sp³-hybridized carbons (Fsp3) is 0.500. The number of hydrogen-bond donors (Lipinski definition) is 3. The number of hydrogen-bond acceptors (Lipinski definition) is 7. The molecule has 156 valence electrons. The van der Waals surface area contributed by atoms with Gasteiger partial charge in [0.1, 0.15) is 11.8 Å². The lowest BCUT2D eigenvalue weighted by Gasteiger charge is -2.24. The number of carbonyl (C=O) groups is 3. The Morgan fingerprint density at radius 3 is 2.07 bits per heavy atom. The van der Waals surface area contributed by atoms with E-state index in [9.17, 15) is 14.4 Å². The van der Waals surface area contributed by atoms with E-state index >= 15 is 0 Å². The van der Waals surface area contributed by atoms with Crippen molar-refractivity contribution >= 4 is 23.7 Å². The Hall–Kier alpha value is -2.85. The summed E-state index contributed by atoms with van der Waals surface area (Å²) in [6.45, 7) is 2.39. The van der Waals surface area contributed by atoms with Gasteiger partial charge in [0.05, 0.1) is 13.2 Å². The zero-order valence-corrected chi connectivity index (χ0v) is 15.9. The van der Waals surface area contributed by atoms with Crippen LogP contribution in [0.25, 0.3) is 0 Å². The lowest BCUT2D eigenvalue weighted by atomic mass is 10.1. The van der Waals surface area contributed by atoms with Gasteiger partial charge in [-0.3, -0.25) is 4.79 Å². The van der Waals surface area contributed by atoms with Gasteiger partial charge in [-0.25, -0.2) is 9.59 Å². The molecule has 1 rings (SSSR count). The second-order valence-electron chi connectivity index (χ2n) is 5.82. The monoisotopic (exact) mass is 398 g/mol. The number of methoxy groups -OCH3 is 2. The SMILES string of the molecule is COCCN(CCOC)c1ccc(OC(=O)N[C@@H](CCC(=O)O)C(=O)O)cc1. The van der Waals surface area contributed by atoms with Crippen LogP contribution in [0.5, 0.6) is 5.75 Å². The molecule has 1 aromatic carbocycles. The van der Waals surface area contributed by atoms with Crippen LogP contribution in [0.4, 0.5) is 10.5 Å². The van der Waals surface area contributed by atoms with E-state index in [0.717, 1.165) is 5.69 Å². The first-order valence-electron chi connectivity index (χ1n) is 8.63. The average molecular weight is 398 g/mol. The molecule has 0 aliphatic rings. The highest BCUT2D eigenvalue weighted by molar-refractivity contribution is 5.81. The summed E-state index contributed by atoms with van der Waals surface area (Å²) in [5.41, 5.74) is 0.881. The fourth-order valence-corrected chi connectivity index (χ4v) is 2.30. The number of nitrogens with zero attached hydrogens (tertiary/aromatic N) is 1. The van der Waals surface area contributed by atoms with Crippen molar-refractivity contribution in [3.05, 3.63) is 24.3 Å². The van der Waals surface area contributed by atoms with Crippen molar-refractivity contribution in [1.29, 1.82) is 0 Å².